The zero-order chi connectivity index (χ0) is 14.8. The Labute approximate surface area is 127 Å². The Balaban J connectivity index is 2.00. The van der Waals surface area contributed by atoms with Gasteiger partial charge in [-0.15, -0.1) is 0 Å². The predicted molar refractivity (Wildman–Crippen MR) is 86.0 cm³/mol. The molecule has 0 unspecified atom stereocenters. The van der Waals surface area contributed by atoms with Crippen molar-refractivity contribution in [3.8, 4) is 22.3 Å². The third-order valence-electron chi connectivity index (χ3n) is 3.67. The Kier molecular flexibility index (Phi) is 3.05. The van der Waals surface area contributed by atoms with Gasteiger partial charge in [-0.05, 0) is 21.9 Å². The maximum atomic E-state index is 4.12. The van der Waals surface area contributed by atoms with Gasteiger partial charge in [0.1, 0.15) is 12.7 Å². The minimum absolute atomic E-state index is 1.01. The Morgan fingerprint density at radius 3 is 1.32 bits per heavy atom. The molecule has 22 heavy (non-hydrogen) atoms. The fraction of sp³-hybridized carbons (Fsp3) is 0. The van der Waals surface area contributed by atoms with Gasteiger partial charge in [-0.1, -0.05) is 36.4 Å². The molecule has 2 heterocycles. The van der Waals surface area contributed by atoms with E-state index in [9.17, 15) is 0 Å². The van der Waals surface area contributed by atoms with Crippen LogP contribution in [0, 0.1) is 0 Å². The van der Waals surface area contributed by atoms with E-state index in [1.54, 1.807) is 12.7 Å². The minimum Gasteiger partial charge on any atom is -0.244 e. The van der Waals surface area contributed by atoms with Crippen LogP contribution in [-0.4, -0.2) is 19.9 Å². The lowest BCUT2D eigenvalue weighted by molar-refractivity contribution is 1.17. The van der Waals surface area contributed by atoms with Gasteiger partial charge in [0, 0.05) is 35.9 Å². The second-order valence-corrected chi connectivity index (χ2v) is 4.96. The summed E-state index contributed by atoms with van der Waals surface area (Å²) < 4.78 is 0. The van der Waals surface area contributed by atoms with Crippen LogP contribution < -0.4 is 0 Å². The number of hydrogen-bond acceptors (Lipinski definition) is 4. The number of aromatic nitrogens is 4. The van der Waals surface area contributed by atoms with E-state index in [1.165, 1.54) is 10.8 Å². The molecule has 2 aromatic heterocycles. The van der Waals surface area contributed by atoms with Crippen molar-refractivity contribution in [3.05, 3.63) is 73.8 Å². The molecule has 0 amide bonds. The van der Waals surface area contributed by atoms with Crippen LogP contribution in [-0.2, 0) is 0 Å². The van der Waals surface area contributed by atoms with E-state index >= 15 is 0 Å². The van der Waals surface area contributed by atoms with Crippen molar-refractivity contribution in [2.24, 2.45) is 0 Å². The number of nitrogens with zero attached hydrogens (tertiary/aromatic N) is 4. The van der Waals surface area contributed by atoms with Crippen molar-refractivity contribution in [2.75, 3.05) is 0 Å². The molecule has 4 rings (SSSR count). The molecular formula is C18H12N4. The molecule has 0 aliphatic rings. The van der Waals surface area contributed by atoms with Crippen molar-refractivity contribution < 1.29 is 0 Å². The maximum absolute atomic E-state index is 4.12. The van der Waals surface area contributed by atoms with E-state index in [4.69, 9.17) is 0 Å². The molecule has 4 nitrogen and oxygen atoms in total. The molecule has 0 saturated heterocycles. The molecule has 104 valence electrons. The van der Waals surface area contributed by atoms with E-state index in [-0.39, 0.29) is 0 Å². The summed E-state index contributed by atoms with van der Waals surface area (Å²) in [7, 11) is 0. The first kappa shape index (κ1) is 12.6. The van der Waals surface area contributed by atoms with E-state index in [0.29, 0.717) is 0 Å². The largest absolute Gasteiger partial charge is 0.244 e. The Morgan fingerprint density at radius 2 is 0.909 bits per heavy atom. The molecule has 4 aromatic rings. The molecule has 0 fully saturated rings. The highest BCUT2D eigenvalue weighted by Gasteiger charge is 2.08. The molecule has 0 aliphatic carbocycles. The van der Waals surface area contributed by atoms with Crippen molar-refractivity contribution in [1.29, 1.82) is 0 Å². The van der Waals surface area contributed by atoms with Crippen LogP contribution in [0.5, 0.6) is 0 Å². The van der Waals surface area contributed by atoms with Gasteiger partial charge in [-0.2, -0.15) is 0 Å². The van der Waals surface area contributed by atoms with E-state index in [0.717, 1.165) is 22.3 Å². The Morgan fingerprint density at radius 1 is 0.500 bits per heavy atom. The smallest absolute Gasteiger partial charge is 0.115 e. The number of fused-ring (bicyclic) bond motifs is 1. The predicted octanol–water partition coefficient (Wildman–Crippen LogP) is 3.75. The van der Waals surface area contributed by atoms with Crippen LogP contribution in [0.3, 0.4) is 0 Å². The Bertz CT molecular complexity index is 842. The molecule has 0 aliphatic heterocycles. The van der Waals surface area contributed by atoms with Crippen LogP contribution in [0.25, 0.3) is 33.0 Å². The van der Waals surface area contributed by atoms with Gasteiger partial charge in [0.05, 0.1) is 0 Å². The lowest BCUT2D eigenvalue weighted by atomic mass is 9.95. The molecule has 0 N–H and O–H groups in total. The molecule has 2 aromatic carbocycles. The van der Waals surface area contributed by atoms with Gasteiger partial charge >= 0.3 is 0 Å². The average molecular weight is 284 g/mol. The second kappa shape index (κ2) is 5.33. The van der Waals surface area contributed by atoms with Crippen LogP contribution >= 0.6 is 0 Å². The molecule has 4 heteroatoms. The normalized spacial score (nSPS) is 10.7. The van der Waals surface area contributed by atoms with Crippen molar-refractivity contribution >= 4 is 10.8 Å². The summed E-state index contributed by atoms with van der Waals surface area (Å²) in [6.45, 7) is 0. The first-order valence-electron chi connectivity index (χ1n) is 6.96. The summed E-state index contributed by atoms with van der Waals surface area (Å²) >= 11 is 0. The SMILES string of the molecule is c1cc(-c2cncnc2)c2cccc(-c3cncnc3)c2c1. The zero-order valence-electron chi connectivity index (χ0n) is 11.7. The molecule has 0 radical (unpaired) electrons. The van der Waals surface area contributed by atoms with Crippen molar-refractivity contribution in [3.63, 3.8) is 0 Å². The lowest BCUT2D eigenvalue weighted by Gasteiger charge is -2.10. The first-order valence-corrected chi connectivity index (χ1v) is 6.96. The average Bonchev–Trinajstić information content (AvgIpc) is 2.62. The highest BCUT2D eigenvalue weighted by Crippen LogP contribution is 2.33. The molecule has 0 saturated carbocycles. The third-order valence-corrected chi connectivity index (χ3v) is 3.67. The number of rotatable bonds is 2. The van der Waals surface area contributed by atoms with E-state index < -0.39 is 0 Å². The molecular weight excluding hydrogens is 272 g/mol. The van der Waals surface area contributed by atoms with Crippen molar-refractivity contribution in [1.82, 2.24) is 19.9 Å². The van der Waals surface area contributed by atoms with E-state index in [1.807, 2.05) is 24.8 Å². The first-order chi connectivity index (χ1) is 10.9. The lowest BCUT2D eigenvalue weighted by Crippen LogP contribution is -1.87. The number of hydrogen-bond donors (Lipinski definition) is 0. The van der Waals surface area contributed by atoms with Gasteiger partial charge in [0.2, 0.25) is 0 Å². The summed E-state index contributed by atoms with van der Waals surface area (Å²) in [5.74, 6) is 0. The second-order valence-electron chi connectivity index (χ2n) is 4.96. The maximum Gasteiger partial charge on any atom is 0.115 e. The van der Waals surface area contributed by atoms with Gasteiger partial charge in [-0.25, -0.2) is 19.9 Å². The summed E-state index contributed by atoms with van der Waals surface area (Å²) in [4.78, 5) is 16.5. The van der Waals surface area contributed by atoms with Crippen LogP contribution in [0.2, 0.25) is 0 Å². The van der Waals surface area contributed by atoms with Gasteiger partial charge in [0.25, 0.3) is 0 Å². The molecule has 0 spiro atoms. The molecule has 0 atom stereocenters. The monoisotopic (exact) mass is 284 g/mol. The summed E-state index contributed by atoms with van der Waals surface area (Å²) in [5.41, 5.74) is 4.26. The van der Waals surface area contributed by atoms with Crippen LogP contribution in [0.4, 0.5) is 0 Å². The topological polar surface area (TPSA) is 51.6 Å². The summed E-state index contributed by atoms with van der Waals surface area (Å²) in [6.07, 6.45) is 10.4. The van der Waals surface area contributed by atoms with Crippen LogP contribution in [0.15, 0.2) is 73.8 Å². The highest BCUT2D eigenvalue weighted by molar-refractivity contribution is 6.04. The van der Waals surface area contributed by atoms with Gasteiger partial charge in [-0.3, -0.25) is 0 Å². The number of benzene rings is 2. The highest BCUT2D eigenvalue weighted by atomic mass is 14.8. The fourth-order valence-corrected chi connectivity index (χ4v) is 2.69. The minimum atomic E-state index is 1.01. The third kappa shape index (κ3) is 2.11. The summed E-state index contributed by atoms with van der Waals surface area (Å²) in [5, 5.41) is 2.33. The quantitative estimate of drug-likeness (QED) is 0.562. The van der Waals surface area contributed by atoms with Crippen molar-refractivity contribution in [2.45, 2.75) is 0 Å². The summed E-state index contributed by atoms with van der Waals surface area (Å²) in [6, 6.07) is 12.5. The van der Waals surface area contributed by atoms with Gasteiger partial charge < -0.3 is 0 Å². The fourth-order valence-electron chi connectivity index (χ4n) is 2.69. The Hall–Kier alpha value is -3.14. The van der Waals surface area contributed by atoms with E-state index in [2.05, 4.69) is 56.3 Å². The van der Waals surface area contributed by atoms with Gasteiger partial charge in [0.15, 0.2) is 0 Å². The van der Waals surface area contributed by atoms with Crippen LogP contribution in [0.1, 0.15) is 0 Å². The molecule has 0 bridgehead atoms. The standard InChI is InChI=1S/C18H12N4/c1-3-15(13-7-19-11-20-8-13)18-6-2-4-16(17(18)5-1)14-9-21-12-22-10-14/h1-12H. The zero-order valence-corrected chi connectivity index (χ0v) is 11.7.